The van der Waals surface area contributed by atoms with E-state index in [9.17, 15) is 4.79 Å². The molecule has 0 rings (SSSR count). The third kappa shape index (κ3) is 13.4. The number of nitrogens with two attached hydrogens (primary N) is 1. The molecule has 0 saturated carbocycles. The smallest absolute Gasteiger partial charge is 0.244 e. The molecule has 0 radical (unpaired) electrons. The predicted octanol–water partition coefficient (Wildman–Crippen LogP) is 6.22. The Bertz CT molecular complexity index is 349. The van der Waals surface area contributed by atoms with Gasteiger partial charge in [0, 0.05) is 11.6 Å². The number of hydrogen-bond donors (Lipinski definition) is 1. The summed E-state index contributed by atoms with van der Waals surface area (Å²) in [6, 6.07) is 0.341. The van der Waals surface area contributed by atoms with E-state index in [0.717, 1.165) is 19.5 Å². The van der Waals surface area contributed by atoms with E-state index in [2.05, 4.69) is 31.7 Å². The Morgan fingerprint density at radius 3 is 1.62 bits per heavy atom. The van der Waals surface area contributed by atoms with Crippen LogP contribution in [0, 0.1) is 0 Å². The predicted molar refractivity (Wildman–Crippen MR) is 115 cm³/mol. The minimum absolute atomic E-state index is 0.289. The molecule has 1 amide bonds. The lowest BCUT2D eigenvalue weighted by Crippen LogP contribution is -2.36. The molecule has 0 aromatic carbocycles. The molecular weight excluding hydrogens is 320 g/mol. The number of hydrogen-bond acceptors (Lipinski definition) is 2. The number of amides is 1. The second-order valence-corrected chi connectivity index (χ2v) is 7.76. The Morgan fingerprint density at radius 2 is 1.23 bits per heavy atom. The van der Waals surface area contributed by atoms with Crippen molar-refractivity contribution in [2.75, 3.05) is 13.1 Å². The van der Waals surface area contributed by atoms with E-state index in [1.807, 2.05) is 6.92 Å². The van der Waals surface area contributed by atoms with Crippen LogP contribution in [0.3, 0.4) is 0 Å². The van der Waals surface area contributed by atoms with Crippen molar-refractivity contribution in [2.24, 2.45) is 5.73 Å². The van der Waals surface area contributed by atoms with Crippen molar-refractivity contribution in [3.05, 3.63) is 11.6 Å². The summed E-state index contributed by atoms with van der Waals surface area (Å²) >= 11 is 0. The van der Waals surface area contributed by atoms with Crippen molar-refractivity contribution in [1.29, 1.82) is 0 Å². The highest BCUT2D eigenvalue weighted by Crippen LogP contribution is 2.15. The first-order valence-electron chi connectivity index (χ1n) is 11.3. The molecule has 1 unspecified atom stereocenters. The quantitative estimate of drug-likeness (QED) is 0.231. The molecule has 0 aliphatic rings. The van der Waals surface area contributed by atoms with Crippen LogP contribution in [0.4, 0.5) is 0 Å². The van der Waals surface area contributed by atoms with E-state index < -0.39 is 0 Å². The van der Waals surface area contributed by atoms with Crippen molar-refractivity contribution in [3.63, 3.8) is 0 Å². The molecule has 26 heavy (non-hydrogen) atoms. The number of primary amides is 1. The summed E-state index contributed by atoms with van der Waals surface area (Å²) in [5.41, 5.74) is 6.15. The molecule has 0 bridgehead atoms. The van der Waals surface area contributed by atoms with E-state index in [0.29, 0.717) is 11.6 Å². The molecule has 0 heterocycles. The maximum atomic E-state index is 11.4. The van der Waals surface area contributed by atoms with Gasteiger partial charge in [-0.15, -0.1) is 0 Å². The lowest BCUT2D eigenvalue weighted by Gasteiger charge is -2.29. The largest absolute Gasteiger partial charge is 0.366 e. The lowest BCUT2D eigenvalue weighted by molar-refractivity contribution is -0.114. The third-order valence-electron chi connectivity index (χ3n) is 5.32. The molecule has 0 spiro atoms. The van der Waals surface area contributed by atoms with Crippen molar-refractivity contribution in [1.82, 2.24) is 4.90 Å². The molecule has 0 saturated heterocycles. The van der Waals surface area contributed by atoms with Crippen molar-refractivity contribution in [2.45, 2.75) is 117 Å². The van der Waals surface area contributed by atoms with E-state index >= 15 is 0 Å². The number of carbonyl (C=O) groups is 1. The van der Waals surface area contributed by atoms with Crippen LogP contribution in [0.25, 0.3) is 0 Å². The lowest BCUT2D eigenvalue weighted by atomic mass is 10.1. The molecule has 0 fully saturated rings. The first-order chi connectivity index (χ1) is 12.6. The van der Waals surface area contributed by atoms with E-state index in [1.165, 1.54) is 77.0 Å². The van der Waals surface area contributed by atoms with Crippen molar-refractivity contribution >= 4 is 5.91 Å². The zero-order valence-electron chi connectivity index (χ0n) is 18.2. The number of nitrogens with zero attached hydrogens (tertiary/aromatic N) is 1. The van der Waals surface area contributed by atoms with Gasteiger partial charge in [-0.05, 0) is 39.3 Å². The summed E-state index contributed by atoms with van der Waals surface area (Å²) in [5, 5.41) is 0. The van der Waals surface area contributed by atoms with Gasteiger partial charge in [0.05, 0.1) is 0 Å². The molecular formula is C23H46N2O. The second-order valence-electron chi connectivity index (χ2n) is 7.76. The van der Waals surface area contributed by atoms with Gasteiger partial charge >= 0.3 is 0 Å². The van der Waals surface area contributed by atoms with Crippen LogP contribution in [-0.4, -0.2) is 29.9 Å². The van der Waals surface area contributed by atoms with Crippen molar-refractivity contribution in [3.8, 4) is 0 Å². The molecule has 1 atom stereocenters. The van der Waals surface area contributed by atoms with E-state index in [4.69, 9.17) is 5.73 Å². The Hall–Kier alpha value is -0.830. The van der Waals surface area contributed by atoms with Gasteiger partial charge in [0.25, 0.3) is 0 Å². The molecule has 154 valence electrons. The molecule has 0 aliphatic carbocycles. The maximum absolute atomic E-state index is 11.4. The van der Waals surface area contributed by atoms with Gasteiger partial charge in [0.15, 0.2) is 0 Å². The highest BCUT2D eigenvalue weighted by atomic mass is 16.1. The average Bonchev–Trinajstić information content (AvgIpc) is 2.63. The van der Waals surface area contributed by atoms with Crippen LogP contribution in [0.5, 0.6) is 0 Å². The normalized spacial score (nSPS) is 13.3. The highest BCUT2D eigenvalue weighted by Gasteiger charge is 2.15. The van der Waals surface area contributed by atoms with Gasteiger partial charge in [0.1, 0.15) is 0 Å². The van der Waals surface area contributed by atoms with Crippen LogP contribution in [0.2, 0.25) is 0 Å². The first-order valence-corrected chi connectivity index (χ1v) is 11.3. The van der Waals surface area contributed by atoms with Gasteiger partial charge < -0.3 is 5.73 Å². The van der Waals surface area contributed by atoms with Crippen LogP contribution < -0.4 is 5.73 Å². The molecule has 3 nitrogen and oxygen atoms in total. The summed E-state index contributed by atoms with van der Waals surface area (Å²) < 4.78 is 0. The summed E-state index contributed by atoms with van der Waals surface area (Å²) in [7, 11) is 0. The molecule has 0 aliphatic heterocycles. The second kappa shape index (κ2) is 17.6. The summed E-state index contributed by atoms with van der Waals surface area (Å²) in [4.78, 5) is 14.0. The SMILES string of the molecule is CCCCCCCCN(CCCCCCCC)C(/C=C(\C)C(N)=O)CC. The Labute approximate surface area is 163 Å². The minimum atomic E-state index is -0.289. The van der Waals surface area contributed by atoms with Crippen LogP contribution in [0.15, 0.2) is 11.6 Å². The van der Waals surface area contributed by atoms with Gasteiger partial charge in [0.2, 0.25) is 5.91 Å². The zero-order chi connectivity index (χ0) is 19.6. The Balaban J connectivity index is 4.49. The minimum Gasteiger partial charge on any atom is -0.366 e. The Kier molecular flexibility index (Phi) is 17.0. The topological polar surface area (TPSA) is 46.3 Å². The van der Waals surface area contributed by atoms with Gasteiger partial charge in [-0.3, -0.25) is 9.69 Å². The fourth-order valence-electron chi connectivity index (χ4n) is 3.49. The average molecular weight is 367 g/mol. The maximum Gasteiger partial charge on any atom is 0.244 e. The highest BCUT2D eigenvalue weighted by molar-refractivity contribution is 5.91. The van der Waals surface area contributed by atoms with E-state index in [-0.39, 0.29) is 5.91 Å². The zero-order valence-corrected chi connectivity index (χ0v) is 18.2. The number of carbonyl (C=O) groups excluding carboxylic acids is 1. The molecule has 0 aromatic heterocycles. The monoisotopic (exact) mass is 366 g/mol. The molecule has 0 aromatic rings. The summed E-state index contributed by atoms with van der Waals surface area (Å²) in [5.74, 6) is -0.289. The number of unbranched alkanes of at least 4 members (excludes halogenated alkanes) is 10. The van der Waals surface area contributed by atoms with Crippen LogP contribution in [-0.2, 0) is 4.79 Å². The fraction of sp³-hybridized carbons (Fsp3) is 0.870. The van der Waals surface area contributed by atoms with E-state index in [1.54, 1.807) is 0 Å². The Morgan fingerprint density at radius 1 is 0.808 bits per heavy atom. The third-order valence-corrected chi connectivity index (χ3v) is 5.32. The van der Waals surface area contributed by atoms with Crippen LogP contribution >= 0.6 is 0 Å². The first kappa shape index (κ1) is 25.2. The van der Waals surface area contributed by atoms with Gasteiger partial charge in [-0.2, -0.15) is 0 Å². The van der Waals surface area contributed by atoms with Gasteiger partial charge in [-0.25, -0.2) is 0 Å². The number of rotatable bonds is 18. The molecule has 3 heteroatoms. The summed E-state index contributed by atoms with van der Waals surface area (Å²) in [6.07, 6.45) is 19.1. The summed E-state index contributed by atoms with van der Waals surface area (Å²) in [6.45, 7) is 10.9. The fourth-order valence-corrected chi connectivity index (χ4v) is 3.49. The van der Waals surface area contributed by atoms with Crippen LogP contribution in [0.1, 0.15) is 111 Å². The van der Waals surface area contributed by atoms with Gasteiger partial charge in [-0.1, -0.05) is 91.1 Å². The van der Waals surface area contributed by atoms with Crippen molar-refractivity contribution < 1.29 is 4.79 Å². The molecule has 2 N–H and O–H groups in total. The standard InChI is InChI=1S/C23H46N2O/c1-5-8-10-12-14-16-18-25(19-17-15-13-11-9-6-2)22(7-3)20-21(4)23(24)26/h20,22H,5-19H2,1-4H3,(H2,24,26)/b21-20+.